The number of aromatic amines is 1. The Balaban J connectivity index is 2.09. The Morgan fingerprint density at radius 3 is 3.06 bits per heavy atom. The van der Waals surface area contributed by atoms with Gasteiger partial charge in [-0.05, 0) is 23.8 Å². The maximum absolute atomic E-state index is 6.23. The van der Waals surface area contributed by atoms with Crippen molar-refractivity contribution in [3.8, 4) is 0 Å². The van der Waals surface area contributed by atoms with Crippen molar-refractivity contribution < 1.29 is 0 Å². The van der Waals surface area contributed by atoms with Gasteiger partial charge >= 0.3 is 0 Å². The van der Waals surface area contributed by atoms with E-state index in [-0.39, 0.29) is 6.04 Å². The van der Waals surface area contributed by atoms with Crippen LogP contribution in [0.1, 0.15) is 23.0 Å². The second kappa shape index (κ2) is 4.33. The highest BCUT2D eigenvalue weighted by atomic mass is 35.5. The third-order valence-electron chi connectivity index (χ3n) is 3.02. The van der Waals surface area contributed by atoms with Crippen LogP contribution in [0, 0.1) is 0 Å². The Hall–Kier alpha value is -1.03. The summed E-state index contributed by atoms with van der Waals surface area (Å²) in [4.78, 5) is 7.53. The van der Waals surface area contributed by atoms with Crippen molar-refractivity contribution in [3.05, 3.63) is 51.5 Å². The minimum Gasteiger partial charge on any atom is -0.348 e. The van der Waals surface area contributed by atoms with Gasteiger partial charge in [0.15, 0.2) is 0 Å². The predicted molar refractivity (Wildman–Crippen MR) is 68.6 cm³/mol. The fourth-order valence-electron chi connectivity index (χ4n) is 2.21. The molecule has 5 heteroatoms. The highest BCUT2D eigenvalue weighted by Gasteiger charge is 2.25. The SMILES string of the molecule is Clc1ccc(Cl)c([C@H]2NCCc3[nH]cnc32)c1. The molecule has 1 aromatic heterocycles. The molecule has 0 amide bonds. The molecule has 1 aliphatic heterocycles. The number of halogens is 2. The van der Waals surface area contributed by atoms with Gasteiger partial charge in [0.05, 0.1) is 18.1 Å². The van der Waals surface area contributed by atoms with Crippen molar-refractivity contribution in [2.24, 2.45) is 0 Å². The molecular formula is C12H11Cl2N3. The first kappa shape index (κ1) is 11.1. The summed E-state index contributed by atoms with van der Waals surface area (Å²) in [6.07, 6.45) is 2.69. The van der Waals surface area contributed by atoms with E-state index in [0.717, 1.165) is 24.2 Å². The molecule has 0 saturated carbocycles. The number of hydrogen-bond donors (Lipinski definition) is 2. The smallest absolute Gasteiger partial charge is 0.0926 e. The highest BCUT2D eigenvalue weighted by molar-refractivity contribution is 6.33. The van der Waals surface area contributed by atoms with E-state index in [4.69, 9.17) is 23.2 Å². The average molecular weight is 268 g/mol. The van der Waals surface area contributed by atoms with Crippen LogP contribution in [-0.2, 0) is 6.42 Å². The lowest BCUT2D eigenvalue weighted by Crippen LogP contribution is -2.30. The number of fused-ring (bicyclic) bond motifs is 1. The molecule has 17 heavy (non-hydrogen) atoms. The monoisotopic (exact) mass is 267 g/mol. The second-order valence-corrected chi connectivity index (χ2v) is 4.91. The summed E-state index contributed by atoms with van der Waals surface area (Å²) < 4.78 is 0. The summed E-state index contributed by atoms with van der Waals surface area (Å²) in [7, 11) is 0. The molecule has 1 aromatic carbocycles. The Morgan fingerprint density at radius 1 is 1.29 bits per heavy atom. The fraction of sp³-hybridized carbons (Fsp3) is 0.250. The first-order valence-corrected chi connectivity index (χ1v) is 6.22. The molecule has 0 aliphatic carbocycles. The first-order chi connectivity index (χ1) is 8.25. The number of benzene rings is 1. The Labute approximate surface area is 109 Å². The fourth-order valence-corrected chi connectivity index (χ4v) is 2.62. The molecule has 0 fully saturated rings. The van der Waals surface area contributed by atoms with Crippen LogP contribution in [0.3, 0.4) is 0 Å². The molecule has 2 aromatic rings. The Kier molecular flexibility index (Phi) is 2.82. The standard InChI is InChI=1S/C12H11Cl2N3/c13-7-1-2-9(14)8(5-7)11-12-10(3-4-15-11)16-6-17-12/h1-2,5-6,11,15H,3-4H2,(H,16,17)/t11-/m1/s1. The van der Waals surface area contributed by atoms with Crippen molar-refractivity contribution in [2.75, 3.05) is 6.54 Å². The number of hydrogen-bond acceptors (Lipinski definition) is 2. The van der Waals surface area contributed by atoms with Crippen LogP contribution in [0.4, 0.5) is 0 Å². The van der Waals surface area contributed by atoms with E-state index in [1.54, 1.807) is 12.4 Å². The summed E-state index contributed by atoms with van der Waals surface area (Å²) in [6, 6.07) is 5.53. The number of imidazole rings is 1. The van der Waals surface area contributed by atoms with Gasteiger partial charge in [0, 0.05) is 28.7 Å². The van der Waals surface area contributed by atoms with Gasteiger partial charge < -0.3 is 10.3 Å². The summed E-state index contributed by atoms with van der Waals surface area (Å²) in [5, 5.41) is 4.82. The normalized spacial score (nSPS) is 19.1. The van der Waals surface area contributed by atoms with E-state index in [1.807, 2.05) is 12.1 Å². The molecular weight excluding hydrogens is 257 g/mol. The van der Waals surface area contributed by atoms with Gasteiger partial charge in [-0.15, -0.1) is 0 Å². The van der Waals surface area contributed by atoms with Gasteiger partial charge in [0.25, 0.3) is 0 Å². The molecule has 3 nitrogen and oxygen atoms in total. The number of nitrogens with one attached hydrogen (secondary N) is 2. The molecule has 0 bridgehead atoms. The minimum atomic E-state index is 0.0243. The van der Waals surface area contributed by atoms with Crippen molar-refractivity contribution in [1.82, 2.24) is 15.3 Å². The maximum atomic E-state index is 6.23. The molecule has 3 rings (SSSR count). The second-order valence-electron chi connectivity index (χ2n) is 4.07. The molecule has 0 radical (unpaired) electrons. The number of rotatable bonds is 1. The Morgan fingerprint density at radius 2 is 2.18 bits per heavy atom. The molecule has 1 aliphatic rings. The van der Waals surface area contributed by atoms with E-state index in [1.165, 1.54) is 5.69 Å². The molecule has 88 valence electrons. The molecule has 0 saturated heterocycles. The van der Waals surface area contributed by atoms with Gasteiger partial charge in [0.2, 0.25) is 0 Å². The lowest BCUT2D eigenvalue weighted by atomic mass is 9.98. The summed E-state index contributed by atoms with van der Waals surface area (Å²) >= 11 is 12.2. The summed E-state index contributed by atoms with van der Waals surface area (Å²) in [6.45, 7) is 0.905. The third kappa shape index (κ3) is 1.95. The highest BCUT2D eigenvalue weighted by Crippen LogP contribution is 2.32. The lowest BCUT2D eigenvalue weighted by molar-refractivity contribution is 0.553. The molecule has 1 atom stereocenters. The molecule has 2 N–H and O–H groups in total. The van der Waals surface area contributed by atoms with Crippen molar-refractivity contribution >= 4 is 23.2 Å². The zero-order valence-corrected chi connectivity index (χ0v) is 10.5. The van der Waals surface area contributed by atoms with E-state index < -0.39 is 0 Å². The molecule has 2 heterocycles. The third-order valence-corrected chi connectivity index (χ3v) is 3.60. The zero-order chi connectivity index (χ0) is 11.8. The van der Waals surface area contributed by atoms with Gasteiger partial charge in [0.1, 0.15) is 0 Å². The van der Waals surface area contributed by atoms with Gasteiger partial charge in [-0.1, -0.05) is 23.2 Å². The predicted octanol–water partition coefficient (Wildman–Crippen LogP) is 2.95. The van der Waals surface area contributed by atoms with Crippen LogP contribution in [-0.4, -0.2) is 16.5 Å². The topological polar surface area (TPSA) is 40.7 Å². The van der Waals surface area contributed by atoms with Crippen molar-refractivity contribution in [2.45, 2.75) is 12.5 Å². The summed E-state index contributed by atoms with van der Waals surface area (Å²) in [5.74, 6) is 0. The van der Waals surface area contributed by atoms with Crippen LogP contribution < -0.4 is 5.32 Å². The molecule has 0 unspecified atom stereocenters. The van der Waals surface area contributed by atoms with Crippen LogP contribution in [0.25, 0.3) is 0 Å². The minimum absolute atomic E-state index is 0.0243. The van der Waals surface area contributed by atoms with Gasteiger partial charge in [-0.2, -0.15) is 0 Å². The van der Waals surface area contributed by atoms with Gasteiger partial charge in [-0.25, -0.2) is 4.98 Å². The maximum Gasteiger partial charge on any atom is 0.0926 e. The number of H-pyrrole nitrogens is 1. The zero-order valence-electron chi connectivity index (χ0n) is 9.00. The van der Waals surface area contributed by atoms with E-state index in [2.05, 4.69) is 15.3 Å². The number of nitrogens with zero attached hydrogens (tertiary/aromatic N) is 1. The van der Waals surface area contributed by atoms with E-state index >= 15 is 0 Å². The Bertz CT molecular complexity index is 550. The average Bonchev–Trinajstić information content (AvgIpc) is 2.80. The molecule has 0 spiro atoms. The van der Waals surface area contributed by atoms with Crippen LogP contribution in [0.2, 0.25) is 10.0 Å². The quantitative estimate of drug-likeness (QED) is 0.834. The number of aromatic nitrogens is 2. The van der Waals surface area contributed by atoms with Crippen LogP contribution in [0.15, 0.2) is 24.5 Å². The van der Waals surface area contributed by atoms with Crippen molar-refractivity contribution in [3.63, 3.8) is 0 Å². The largest absolute Gasteiger partial charge is 0.348 e. The first-order valence-electron chi connectivity index (χ1n) is 5.46. The van der Waals surface area contributed by atoms with Crippen LogP contribution in [0.5, 0.6) is 0 Å². The van der Waals surface area contributed by atoms with E-state index in [0.29, 0.717) is 10.0 Å². The lowest BCUT2D eigenvalue weighted by Gasteiger charge is -2.24. The van der Waals surface area contributed by atoms with Gasteiger partial charge in [-0.3, -0.25) is 0 Å². The van der Waals surface area contributed by atoms with E-state index in [9.17, 15) is 0 Å². The van der Waals surface area contributed by atoms with Crippen LogP contribution >= 0.6 is 23.2 Å². The van der Waals surface area contributed by atoms with Crippen molar-refractivity contribution in [1.29, 1.82) is 0 Å². The summed E-state index contributed by atoms with van der Waals surface area (Å²) in [5.41, 5.74) is 3.16.